The average molecular weight is 277 g/mol. The molecular formula is C13H19N5O2. The first-order chi connectivity index (χ1) is 9.61. The summed E-state index contributed by atoms with van der Waals surface area (Å²) in [7, 11) is 1.74. The van der Waals surface area contributed by atoms with Crippen LogP contribution in [0.5, 0.6) is 0 Å². The van der Waals surface area contributed by atoms with Gasteiger partial charge in [0, 0.05) is 13.1 Å². The number of nitrogens with one attached hydrogen (secondary N) is 2. The summed E-state index contributed by atoms with van der Waals surface area (Å²) in [5, 5.41) is 5.28. The molecule has 1 aliphatic rings. The van der Waals surface area contributed by atoms with Crippen LogP contribution in [0.1, 0.15) is 12.8 Å². The van der Waals surface area contributed by atoms with E-state index in [0.29, 0.717) is 38.0 Å². The predicted molar refractivity (Wildman–Crippen MR) is 76.1 cm³/mol. The van der Waals surface area contributed by atoms with Gasteiger partial charge in [-0.1, -0.05) is 0 Å². The number of carbonyl (C=O) groups excluding carboxylic acids is 2. The molecule has 1 saturated heterocycles. The van der Waals surface area contributed by atoms with Gasteiger partial charge in [0.15, 0.2) is 0 Å². The maximum atomic E-state index is 12.0. The standard InChI is InChI=1S/C13H19N5O2/c1-15-13(12(20)17-9-19)4-6-18(7-5-13)11-3-2-10(14)8-16-11/h2-3,8-9,15H,4-7,14H2,1H3,(H,17,19,20). The highest BCUT2D eigenvalue weighted by Gasteiger charge is 2.40. The van der Waals surface area contributed by atoms with Crippen LogP contribution in [-0.2, 0) is 9.59 Å². The molecule has 1 aliphatic heterocycles. The molecule has 20 heavy (non-hydrogen) atoms. The number of amides is 2. The number of hydrogen-bond donors (Lipinski definition) is 3. The molecule has 0 aromatic carbocycles. The molecule has 0 atom stereocenters. The molecule has 0 saturated carbocycles. The van der Waals surface area contributed by atoms with Gasteiger partial charge in [-0.15, -0.1) is 0 Å². The Morgan fingerprint density at radius 1 is 1.45 bits per heavy atom. The lowest BCUT2D eigenvalue weighted by atomic mass is 9.86. The Kier molecular flexibility index (Phi) is 4.19. The molecule has 0 radical (unpaired) electrons. The van der Waals surface area contributed by atoms with Gasteiger partial charge in [0.05, 0.1) is 11.9 Å². The molecular weight excluding hydrogens is 258 g/mol. The highest BCUT2D eigenvalue weighted by molar-refractivity contribution is 5.93. The van der Waals surface area contributed by atoms with Crippen LogP contribution >= 0.6 is 0 Å². The van der Waals surface area contributed by atoms with Crippen molar-refractivity contribution in [2.75, 3.05) is 30.8 Å². The largest absolute Gasteiger partial charge is 0.397 e. The number of pyridine rings is 1. The zero-order chi connectivity index (χ0) is 14.6. The number of imide groups is 1. The van der Waals surface area contributed by atoms with E-state index in [9.17, 15) is 9.59 Å². The van der Waals surface area contributed by atoms with Gasteiger partial charge in [-0.05, 0) is 32.0 Å². The van der Waals surface area contributed by atoms with Gasteiger partial charge < -0.3 is 16.0 Å². The minimum atomic E-state index is -0.689. The van der Waals surface area contributed by atoms with Gasteiger partial charge in [-0.2, -0.15) is 0 Å². The number of hydrogen-bond acceptors (Lipinski definition) is 6. The van der Waals surface area contributed by atoms with Crippen LogP contribution < -0.4 is 21.3 Å². The Morgan fingerprint density at radius 3 is 2.65 bits per heavy atom. The van der Waals surface area contributed by atoms with E-state index < -0.39 is 5.54 Å². The van der Waals surface area contributed by atoms with E-state index in [1.807, 2.05) is 6.07 Å². The molecule has 2 rings (SSSR count). The summed E-state index contributed by atoms with van der Waals surface area (Å²) in [5.41, 5.74) is 5.55. The third kappa shape index (κ3) is 2.72. The fourth-order valence-electron chi connectivity index (χ4n) is 2.48. The van der Waals surface area contributed by atoms with E-state index in [0.717, 1.165) is 5.82 Å². The lowest BCUT2D eigenvalue weighted by molar-refractivity contribution is -0.131. The second kappa shape index (κ2) is 5.87. The van der Waals surface area contributed by atoms with Crippen molar-refractivity contribution in [2.45, 2.75) is 18.4 Å². The Morgan fingerprint density at radius 2 is 2.15 bits per heavy atom. The second-order valence-electron chi connectivity index (χ2n) is 4.86. The number of nitrogen functional groups attached to an aromatic ring is 1. The van der Waals surface area contributed by atoms with Crippen LogP contribution in [0.2, 0.25) is 0 Å². The van der Waals surface area contributed by atoms with Crippen LogP contribution in [0, 0.1) is 0 Å². The molecule has 2 heterocycles. The molecule has 0 unspecified atom stereocenters. The van der Waals surface area contributed by atoms with Gasteiger partial charge in [-0.25, -0.2) is 4.98 Å². The third-order valence-corrected chi connectivity index (χ3v) is 3.81. The number of carbonyl (C=O) groups is 2. The number of rotatable bonds is 4. The molecule has 1 aromatic rings. The molecule has 1 fully saturated rings. The quantitative estimate of drug-likeness (QED) is 0.641. The van der Waals surface area contributed by atoms with E-state index in [1.165, 1.54) is 0 Å². The van der Waals surface area contributed by atoms with E-state index in [2.05, 4.69) is 20.5 Å². The second-order valence-corrected chi connectivity index (χ2v) is 4.86. The monoisotopic (exact) mass is 277 g/mol. The van der Waals surface area contributed by atoms with Gasteiger partial charge in [0.1, 0.15) is 11.4 Å². The first-order valence-corrected chi connectivity index (χ1v) is 6.51. The lowest BCUT2D eigenvalue weighted by Crippen LogP contribution is -2.60. The van der Waals surface area contributed by atoms with E-state index in [-0.39, 0.29) is 5.91 Å². The topological polar surface area (TPSA) is 100 Å². The van der Waals surface area contributed by atoms with Crippen molar-refractivity contribution in [3.8, 4) is 0 Å². The number of piperidine rings is 1. The van der Waals surface area contributed by atoms with Gasteiger partial charge in [0.2, 0.25) is 12.3 Å². The molecule has 0 bridgehead atoms. The fraction of sp³-hybridized carbons (Fsp3) is 0.462. The van der Waals surface area contributed by atoms with Crippen molar-refractivity contribution in [1.29, 1.82) is 0 Å². The summed E-state index contributed by atoms with van der Waals surface area (Å²) in [6.07, 6.45) is 3.26. The number of likely N-dealkylation sites (N-methyl/N-ethyl adjacent to an activating group) is 1. The molecule has 1 aromatic heterocycles. The SMILES string of the molecule is CNC1(C(=O)NC=O)CCN(c2ccc(N)cn2)CC1. The minimum absolute atomic E-state index is 0.278. The minimum Gasteiger partial charge on any atom is -0.397 e. The van der Waals surface area contributed by atoms with Crippen LogP contribution in [-0.4, -0.2) is 43.0 Å². The summed E-state index contributed by atoms with van der Waals surface area (Å²) >= 11 is 0. The summed E-state index contributed by atoms with van der Waals surface area (Å²) < 4.78 is 0. The number of anilines is 2. The molecule has 4 N–H and O–H groups in total. The van der Waals surface area contributed by atoms with Gasteiger partial charge in [0.25, 0.3) is 0 Å². The van der Waals surface area contributed by atoms with Crippen molar-refractivity contribution in [3.05, 3.63) is 18.3 Å². The number of aromatic nitrogens is 1. The predicted octanol–water partition coefficient (Wildman–Crippen LogP) is -0.505. The summed E-state index contributed by atoms with van der Waals surface area (Å²) in [6, 6.07) is 3.68. The molecule has 7 heteroatoms. The normalized spacial score (nSPS) is 17.6. The first-order valence-electron chi connectivity index (χ1n) is 6.51. The Balaban J connectivity index is 2.05. The maximum absolute atomic E-state index is 12.0. The molecule has 0 aliphatic carbocycles. The van der Waals surface area contributed by atoms with Crippen molar-refractivity contribution >= 4 is 23.8 Å². The zero-order valence-electron chi connectivity index (χ0n) is 11.4. The smallest absolute Gasteiger partial charge is 0.246 e. The molecule has 7 nitrogen and oxygen atoms in total. The van der Waals surface area contributed by atoms with Crippen molar-refractivity contribution in [1.82, 2.24) is 15.6 Å². The maximum Gasteiger partial charge on any atom is 0.246 e. The van der Waals surface area contributed by atoms with Crippen molar-refractivity contribution in [3.63, 3.8) is 0 Å². The van der Waals surface area contributed by atoms with E-state index >= 15 is 0 Å². The third-order valence-electron chi connectivity index (χ3n) is 3.81. The van der Waals surface area contributed by atoms with Crippen LogP contribution in [0.4, 0.5) is 11.5 Å². The van der Waals surface area contributed by atoms with Gasteiger partial charge >= 0.3 is 0 Å². The van der Waals surface area contributed by atoms with E-state index in [4.69, 9.17) is 5.73 Å². The highest BCUT2D eigenvalue weighted by Crippen LogP contribution is 2.25. The summed E-state index contributed by atoms with van der Waals surface area (Å²) in [5.74, 6) is 0.569. The zero-order valence-corrected chi connectivity index (χ0v) is 11.4. The van der Waals surface area contributed by atoms with Crippen molar-refractivity contribution < 1.29 is 9.59 Å². The highest BCUT2D eigenvalue weighted by atomic mass is 16.2. The molecule has 108 valence electrons. The van der Waals surface area contributed by atoms with Gasteiger partial charge in [-0.3, -0.25) is 14.9 Å². The average Bonchev–Trinajstić information content (AvgIpc) is 2.48. The molecule has 2 amide bonds. The number of nitrogens with zero attached hydrogens (tertiary/aromatic N) is 2. The first kappa shape index (κ1) is 14.3. The van der Waals surface area contributed by atoms with Crippen LogP contribution in [0.25, 0.3) is 0 Å². The Labute approximate surface area is 117 Å². The Bertz CT molecular complexity index is 480. The number of nitrogens with two attached hydrogens (primary N) is 1. The van der Waals surface area contributed by atoms with Crippen molar-refractivity contribution in [2.24, 2.45) is 0 Å². The fourth-order valence-corrected chi connectivity index (χ4v) is 2.48. The Hall–Kier alpha value is -2.15. The molecule has 0 spiro atoms. The van der Waals surface area contributed by atoms with Crippen LogP contribution in [0.3, 0.4) is 0 Å². The van der Waals surface area contributed by atoms with Crippen LogP contribution in [0.15, 0.2) is 18.3 Å². The summed E-state index contributed by atoms with van der Waals surface area (Å²) in [4.78, 5) is 28.8. The van der Waals surface area contributed by atoms with E-state index in [1.54, 1.807) is 19.3 Å². The summed E-state index contributed by atoms with van der Waals surface area (Å²) in [6.45, 7) is 1.37. The lowest BCUT2D eigenvalue weighted by Gasteiger charge is -2.40.